The first kappa shape index (κ1) is 18.9. The maximum atomic E-state index is 14.1. The molecule has 2 aromatic heterocycles. The molecule has 26 heavy (non-hydrogen) atoms. The van der Waals surface area contributed by atoms with Crippen molar-refractivity contribution in [3.05, 3.63) is 47.0 Å². The highest BCUT2D eigenvalue weighted by Crippen LogP contribution is 2.32. The highest BCUT2D eigenvalue weighted by molar-refractivity contribution is 7.98. The fourth-order valence-corrected chi connectivity index (χ4v) is 4.14. The average Bonchev–Trinajstić information content (AvgIpc) is 3.25. The van der Waals surface area contributed by atoms with E-state index in [-0.39, 0.29) is 11.6 Å². The fourth-order valence-electron chi connectivity index (χ4n) is 2.12. The highest BCUT2D eigenvalue weighted by Gasteiger charge is 2.21. The van der Waals surface area contributed by atoms with Crippen LogP contribution in [0, 0.1) is 5.82 Å². The van der Waals surface area contributed by atoms with Gasteiger partial charge in [-0.05, 0) is 18.4 Å². The van der Waals surface area contributed by atoms with Crippen molar-refractivity contribution >= 4 is 51.6 Å². The highest BCUT2D eigenvalue weighted by atomic mass is 32.2. The second kappa shape index (κ2) is 8.65. The molecule has 10 heteroatoms. The molecule has 0 fully saturated rings. The van der Waals surface area contributed by atoms with E-state index in [4.69, 9.17) is 4.42 Å². The maximum Gasteiger partial charge on any atom is 0.276 e. The van der Waals surface area contributed by atoms with Crippen molar-refractivity contribution < 1.29 is 13.6 Å². The van der Waals surface area contributed by atoms with Crippen molar-refractivity contribution in [2.45, 2.75) is 23.7 Å². The predicted molar refractivity (Wildman–Crippen MR) is 102 cm³/mol. The molecule has 0 saturated carbocycles. The molecule has 0 radical (unpaired) electrons. The number of carbonyl (C=O) groups excluding carboxylic acids is 1. The molecule has 0 atom stereocenters. The number of anilines is 2. The molecule has 0 bridgehead atoms. The fraction of sp³-hybridized carbons (Fsp3) is 0.250. The summed E-state index contributed by atoms with van der Waals surface area (Å²) in [6, 6.07) is 6.13. The van der Waals surface area contributed by atoms with Crippen LogP contribution in [0.5, 0.6) is 0 Å². The number of hydrogen-bond acceptors (Lipinski definition) is 8. The van der Waals surface area contributed by atoms with Gasteiger partial charge in [0, 0.05) is 18.1 Å². The van der Waals surface area contributed by atoms with Gasteiger partial charge in [-0.25, -0.2) is 9.37 Å². The molecule has 1 aromatic carbocycles. The molecule has 136 valence electrons. The summed E-state index contributed by atoms with van der Waals surface area (Å²) in [5.41, 5.74) is 0.939. The Balaban J connectivity index is 1.73. The number of halogens is 1. The summed E-state index contributed by atoms with van der Waals surface area (Å²) in [5.74, 6) is 0.995. The Bertz CT molecular complexity index is 899. The third-order valence-corrected chi connectivity index (χ3v) is 5.46. The number of aromatic nitrogens is 3. The van der Waals surface area contributed by atoms with Crippen LogP contribution in [0.3, 0.4) is 0 Å². The number of hydrogen-bond donors (Lipinski definition) is 0. The Hall–Kier alpha value is -1.91. The zero-order valence-electron chi connectivity index (χ0n) is 14.0. The summed E-state index contributed by atoms with van der Waals surface area (Å²) in [6.07, 6.45) is 1.96. The molecule has 0 unspecified atom stereocenters. The molecule has 0 N–H and O–H groups in total. The van der Waals surface area contributed by atoms with Crippen molar-refractivity contribution in [1.29, 1.82) is 0 Å². The molecular weight excluding hydrogens is 395 g/mol. The van der Waals surface area contributed by atoms with Gasteiger partial charge in [0.2, 0.25) is 11.8 Å². The zero-order chi connectivity index (χ0) is 18.5. The van der Waals surface area contributed by atoms with Gasteiger partial charge >= 0.3 is 0 Å². The second-order valence-electron chi connectivity index (χ2n) is 5.11. The lowest BCUT2D eigenvalue weighted by molar-refractivity contribution is -0.115. The quantitative estimate of drug-likeness (QED) is 0.531. The Morgan fingerprint density at radius 3 is 2.85 bits per heavy atom. The minimum Gasteiger partial charge on any atom is -0.415 e. The summed E-state index contributed by atoms with van der Waals surface area (Å²) in [7, 11) is 0. The van der Waals surface area contributed by atoms with E-state index in [1.165, 1.54) is 41.0 Å². The van der Waals surface area contributed by atoms with Crippen LogP contribution < -0.4 is 4.90 Å². The van der Waals surface area contributed by atoms with Gasteiger partial charge in [-0.15, -0.1) is 21.5 Å². The first-order chi connectivity index (χ1) is 12.6. The molecule has 3 rings (SSSR count). The van der Waals surface area contributed by atoms with Gasteiger partial charge in [0.1, 0.15) is 5.82 Å². The molecule has 1 amide bonds. The number of thiazole rings is 1. The molecule has 0 aliphatic rings. The molecular formula is C16H15FN4O2S3. The lowest BCUT2D eigenvalue weighted by Gasteiger charge is -2.18. The summed E-state index contributed by atoms with van der Waals surface area (Å²) in [6.45, 7) is 1.38. The first-order valence-electron chi connectivity index (χ1n) is 7.52. The SMILES string of the molecule is CSCc1nnc(SCc2csc(N(C(C)=O)c3ccccc3F)n2)o1. The number of carbonyl (C=O) groups is 1. The van der Waals surface area contributed by atoms with Crippen LogP contribution in [0.15, 0.2) is 39.3 Å². The van der Waals surface area contributed by atoms with E-state index < -0.39 is 5.82 Å². The Kier molecular flexibility index (Phi) is 6.28. The van der Waals surface area contributed by atoms with Crippen LogP contribution in [0.4, 0.5) is 15.2 Å². The van der Waals surface area contributed by atoms with Crippen molar-refractivity contribution in [1.82, 2.24) is 15.2 Å². The standard InChI is InChI=1S/C16H15FN4O2S3/c1-10(22)21(13-6-4-3-5-12(13)17)15-18-11(7-25-15)8-26-16-20-19-14(23-16)9-24-2/h3-7H,8-9H2,1-2H3. The first-order valence-corrected chi connectivity index (χ1v) is 10.8. The Morgan fingerprint density at radius 2 is 2.12 bits per heavy atom. The average molecular weight is 411 g/mol. The molecule has 3 aromatic rings. The van der Waals surface area contributed by atoms with Crippen LogP contribution >= 0.6 is 34.9 Å². The van der Waals surface area contributed by atoms with Crippen molar-refractivity contribution in [2.75, 3.05) is 11.2 Å². The third kappa shape index (κ3) is 4.43. The minimum atomic E-state index is -0.471. The summed E-state index contributed by atoms with van der Waals surface area (Å²) < 4.78 is 19.6. The lowest BCUT2D eigenvalue weighted by atomic mass is 10.3. The number of rotatable bonds is 7. The van der Waals surface area contributed by atoms with E-state index in [2.05, 4.69) is 15.2 Å². The van der Waals surface area contributed by atoms with E-state index in [1.54, 1.807) is 30.0 Å². The topological polar surface area (TPSA) is 72.1 Å². The van der Waals surface area contributed by atoms with Crippen molar-refractivity contribution in [3.8, 4) is 0 Å². The number of benzene rings is 1. The van der Waals surface area contributed by atoms with Gasteiger partial charge in [-0.2, -0.15) is 11.8 Å². The van der Waals surface area contributed by atoms with Crippen LogP contribution in [-0.2, 0) is 16.3 Å². The van der Waals surface area contributed by atoms with Gasteiger partial charge in [-0.1, -0.05) is 23.9 Å². The van der Waals surface area contributed by atoms with E-state index in [0.29, 0.717) is 27.8 Å². The summed E-state index contributed by atoms with van der Waals surface area (Å²) >= 11 is 4.26. The van der Waals surface area contributed by atoms with Gasteiger partial charge in [-0.3, -0.25) is 9.69 Å². The smallest absolute Gasteiger partial charge is 0.276 e. The van der Waals surface area contributed by atoms with E-state index in [0.717, 1.165) is 5.69 Å². The summed E-state index contributed by atoms with van der Waals surface area (Å²) in [5, 5.41) is 10.7. The van der Waals surface area contributed by atoms with Gasteiger partial charge in [0.25, 0.3) is 5.22 Å². The monoisotopic (exact) mass is 410 g/mol. The Labute approximate surface area is 162 Å². The van der Waals surface area contributed by atoms with Crippen LogP contribution in [0.25, 0.3) is 0 Å². The zero-order valence-corrected chi connectivity index (χ0v) is 16.5. The van der Waals surface area contributed by atoms with Crippen LogP contribution in [0.2, 0.25) is 0 Å². The van der Waals surface area contributed by atoms with Crippen LogP contribution in [-0.4, -0.2) is 27.3 Å². The number of nitrogens with zero attached hydrogens (tertiary/aromatic N) is 4. The lowest BCUT2D eigenvalue weighted by Crippen LogP contribution is -2.23. The van der Waals surface area contributed by atoms with Crippen molar-refractivity contribution in [2.24, 2.45) is 0 Å². The van der Waals surface area contributed by atoms with Gasteiger partial charge in [0.15, 0.2) is 5.13 Å². The van der Waals surface area contributed by atoms with Crippen LogP contribution in [0.1, 0.15) is 18.5 Å². The Morgan fingerprint density at radius 1 is 1.31 bits per heavy atom. The minimum absolute atomic E-state index is 0.187. The van der Waals surface area contributed by atoms with Crippen molar-refractivity contribution in [3.63, 3.8) is 0 Å². The number of amides is 1. The van der Waals surface area contributed by atoms with E-state index in [1.807, 2.05) is 11.6 Å². The third-order valence-electron chi connectivity index (χ3n) is 3.20. The second-order valence-corrected chi connectivity index (χ2v) is 7.74. The number of para-hydroxylation sites is 1. The molecule has 2 heterocycles. The predicted octanol–water partition coefficient (Wildman–Crippen LogP) is 4.51. The summed E-state index contributed by atoms with van der Waals surface area (Å²) in [4.78, 5) is 17.8. The number of thioether (sulfide) groups is 2. The molecule has 0 aliphatic heterocycles. The molecule has 0 spiro atoms. The molecule has 6 nitrogen and oxygen atoms in total. The molecule has 0 aliphatic carbocycles. The molecule has 0 saturated heterocycles. The normalized spacial score (nSPS) is 10.9. The van der Waals surface area contributed by atoms with E-state index in [9.17, 15) is 9.18 Å². The largest absolute Gasteiger partial charge is 0.415 e. The maximum absolute atomic E-state index is 14.1. The van der Waals surface area contributed by atoms with Gasteiger partial charge < -0.3 is 4.42 Å². The van der Waals surface area contributed by atoms with Gasteiger partial charge in [0.05, 0.1) is 17.1 Å². The van der Waals surface area contributed by atoms with E-state index >= 15 is 0 Å².